The molecule has 0 saturated heterocycles. The maximum Gasteiger partial charge on any atom is 0.275 e. The fourth-order valence-corrected chi connectivity index (χ4v) is 2.34. The van der Waals surface area contributed by atoms with Gasteiger partial charge in [0.2, 0.25) is 0 Å². The number of thiophene rings is 1. The van der Waals surface area contributed by atoms with Gasteiger partial charge < -0.3 is 10.2 Å². The number of nitrogen functional groups attached to an aromatic ring is 1. The Balaban J connectivity index is 2.73. The predicted molar refractivity (Wildman–Crippen MR) is 62.3 cm³/mol. The fourth-order valence-electron chi connectivity index (χ4n) is 1.16. The Labute approximate surface area is 102 Å². The van der Waals surface area contributed by atoms with Crippen LogP contribution in [0.1, 0.15) is 27.1 Å². The quantitative estimate of drug-likeness (QED) is 0.268. The van der Waals surface area contributed by atoms with E-state index in [0.717, 1.165) is 11.3 Å². The first-order chi connectivity index (χ1) is 7.60. The molecular weight excluding hydrogens is 252 g/mol. The van der Waals surface area contributed by atoms with E-state index in [-0.39, 0.29) is 5.88 Å². The number of amides is 1. The zero-order chi connectivity index (χ0) is 12.1. The summed E-state index contributed by atoms with van der Waals surface area (Å²) in [6.45, 7) is 0. The van der Waals surface area contributed by atoms with Gasteiger partial charge in [0.1, 0.15) is 6.10 Å². The van der Waals surface area contributed by atoms with Crippen LogP contribution in [-0.2, 0) is 0 Å². The summed E-state index contributed by atoms with van der Waals surface area (Å²) in [5, 5.41) is 19.2. The van der Waals surface area contributed by atoms with Gasteiger partial charge in [0.05, 0.1) is 11.0 Å². The van der Waals surface area contributed by atoms with Crippen LogP contribution in [0.15, 0.2) is 12.1 Å². The molecule has 7 heteroatoms. The molecule has 2 unspecified atom stereocenters. The molecule has 90 valence electrons. The highest BCUT2D eigenvalue weighted by Crippen LogP contribution is 2.26. The molecule has 5 nitrogen and oxygen atoms in total. The minimum Gasteiger partial charge on any atom is -0.390 e. The molecule has 0 aliphatic heterocycles. The first-order valence-corrected chi connectivity index (χ1v) is 5.98. The molecule has 0 saturated carbocycles. The van der Waals surface area contributed by atoms with E-state index in [1.807, 2.05) is 5.43 Å². The van der Waals surface area contributed by atoms with Crippen molar-refractivity contribution in [3.63, 3.8) is 0 Å². The lowest BCUT2D eigenvalue weighted by molar-refractivity contribution is 0.0191. The molecule has 16 heavy (non-hydrogen) atoms. The summed E-state index contributed by atoms with van der Waals surface area (Å²) in [5.74, 6) is 4.82. The standard InChI is InChI=1S/C9H13ClN2O3S/c10-4-3-5(13)8(14)6-1-2-7(16-6)9(15)12-11/h1-2,5,8,13-14H,3-4,11H2,(H,12,15). The highest BCUT2D eigenvalue weighted by molar-refractivity contribution is 7.14. The number of hydrazine groups is 1. The van der Waals surface area contributed by atoms with Gasteiger partial charge in [0.15, 0.2) is 0 Å². The molecule has 0 aliphatic rings. The maximum atomic E-state index is 11.2. The minimum atomic E-state index is -1.02. The van der Waals surface area contributed by atoms with E-state index in [4.69, 9.17) is 17.4 Å². The third-order valence-electron chi connectivity index (χ3n) is 2.04. The zero-order valence-electron chi connectivity index (χ0n) is 8.39. The lowest BCUT2D eigenvalue weighted by Crippen LogP contribution is -2.29. The Morgan fingerprint density at radius 1 is 1.56 bits per heavy atom. The van der Waals surface area contributed by atoms with Gasteiger partial charge >= 0.3 is 0 Å². The zero-order valence-corrected chi connectivity index (χ0v) is 9.96. The summed E-state index contributed by atoms with van der Waals surface area (Å²) in [7, 11) is 0. The van der Waals surface area contributed by atoms with E-state index in [0.29, 0.717) is 16.2 Å². The van der Waals surface area contributed by atoms with Crippen molar-refractivity contribution in [3.05, 3.63) is 21.9 Å². The van der Waals surface area contributed by atoms with E-state index in [9.17, 15) is 15.0 Å². The summed E-state index contributed by atoms with van der Waals surface area (Å²) in [6.07, 6.45) is -1.66. The van der Waals surface area contributed by atoms with Crippen molar-refractivity contribution < 1.29 is 15.0 Å². The van der Waals surface area contributed by atoms with Crippen molar-refractivity contribution in [2.24, 2.45) is 5.84 Å². The molecule has 0 spiro atoms. The summed E-state index contributed by atoms with van der Waals surface area (Å²) in [6, 6.07) is 3.12. The lowest BCUT2D eigenvalue weighted by atomic mass is 10.1. The normalized spacial score (nSPS) is 14.5. The van der Waals surface area contributed by atoms with Gasteiger partial charge in [0.25, 0.3) is 5.91 Å². The molecule has 0 fully saturated rings. The van der Waals surface area contributed by atoms with Crippen molar-refractivity contribution in [1.82, 2.24) is 5.43 Å². The van der Waals surface area contributed by atoms with Crippen LogP contribution in [-0.4, -0.2) is 28.1 Å². The Kier molecular flexibility index (Phi) is 5.17. The second kappa shape index (κ2) is 6.17. The van der Waals surface area contributed by atoms with Gasteiger partial charge in [0, 0.05) is 10.8 Å². The van der Waals surface area contributed by atoms with Gasteiger partial charge in [-0.25, -0.2) is 5.84 Å². The average Bonchev–Trinajstić information content (AvgIpc) is 2.76. The number of halogens is 1. The topological polar surface area (TPSA) is 95.6 Å². The molecule has 0 aliphatic carbocycles. The van der Waals surface area contributed by atoms with Crippen molar-refractivity contribution in [2.75, 3.05) is 5.88 Å². The number of nitrogens with one attached hydrogen (secondary N) is 1. The molecule has 0 aromatic carbocycles. The van der Waals surface area contributed by atoms with Crippen molar-refractivity contribution in [2.45, 2.75) is 18.6 Å². The van der Waals surface area contributed by atoms with Crippen molar-refractivity contribution >= 4 is 28.8 Å². The van der Waals surface area contributed by atoms with E-state index in [2.05, 4.69) is 0 Å². The first kappa shape index (κ1) is 13.4. The predicted octanol–water partition coefficient (Wildman–Crippen LogP) is 0.375. The first-order valence-electron chi connectivity index (χ1n) is 4.63. The average molecular weight is 265 g/mol. The maximum absolute atomic E-state index is 11.2. The second-order valence-electron chi connectivity index (χ2n) is 3.17. The monoisotopic (exact) mass is 264 g/mol. The van der Waals surface area contributed by atoms with Gasteiger partial charge in [-0.3, -0.25) is 10.2 Å². The molecule has 1 aromatic heterocycles. The van der Waals surface area contributed by atoms with Crippen molar-refractivity contribution in [3.8, 4) is 0 Å². The third kappa shape index (κ3) is 3.16. The van der Waals surface area contributed by atoms with Crippen LogP contribution >= 0.6 is 22.9 Å². The fraction of sp³-hybridized carbons (Fsp3) is 0.444. The van der Waals surface area contributed by atoms with Gasteiger partial charge in [-0.1, -0.05) is 0 Å². The van der Waals surface area contributed by atoms with E-state index in [1.165, 1.54) is 0 Å². The molecule has 1 aromatic rings. The minimum absolute atomic E-state index is 0.264. The molecule has 5 N–H and O–H groups in total. The Bertz CT molecular complexity index is 358. The number of hydrogen-bond acceptors (Lipinski definition) is 5. The Morgan fingerprint density at radius 3 is 2.81 bits per heavy atom. The van der Waals surface area contributed by atoms with Crippen LogP contribution in [0.3, 0.4) is 0 Å². The highest BCUT2D eigenvalue weighted by Gasteiger charge is 2.20. The number of alkyl halides is 1. The highest BCUT2D eigenvalue weighted by atomic mass is 35.5. The molecule has 1 amide bonds. The van der Waals surface area contributed by atoms with Gasteiger partial charge in [-0.2, -0.15) is 0 Å². The summed E-state index contributed by atoms with van der Waals surface area (Å²) in [4.78, 5) is 12.0. The SMILES string of the molecule is NNC(=O)c1ccc(C(O)C(O)CCCl)s1. The van der Waals surface area contributed by atoms with E-state index < -0.39 is 18.1 Å². The molecule has 2 atom stereocenters. The van der Waals surface area contributed by atoms with Crippen LogP contribution < -0.4 is 11.3 Å². The van der Waals surface area contributed by atoms with Crippen LogP contribution in [0.4, 0.5) is 0 Å². The molecule has 1 heterocycles. The molecule has 0 bridgehead atoms. The number of carbonyl (C=O) groups excluding carboxylic acids is 1. The number of rotatable bonds is 5. The largest absolute Gasteiger partial charge is 0.390 e. The lowest BCUT2D eigenvalue weighted by Gasteiger charge is -2.14. The van der Waals surface area contributed by atoms with E-state index in [1.54, 1.807) is 12.1 Å². The third-order valence-corrected chi connectivity index (χ3v) is 3.42. The molecule has 0 radical (unpaired) electrons. The van der Waals surface area contributed by atoms with Crippen LogP contribution in [0.5, 0.6) is 0 Å². The van der Waals surface area contributed by atoms with Crippen LogP contribution in [0.25, 0.3) is 0 Å². The van der Waals surface area contributed by atoms with Crippen molar-refractivity contribution in [1.29, 1.82) is 0 Å². The summed E-state index contributed by atoms with van der Waals surface area (Å²) < 4.78 is 0. The molecule has 1 rings (SSSR count). The number of carbonyl (C=O) groups is 1. The number of aliphatic hydroxyl groups is 2. The summed E-state index contributed by atoms with van der Waals surface area (Å²) >= 11 is 6.54. The number of hydrogen-bond donors (Lipinski definition) is 4. The van der Waals surface area contributed by atoms with Gasteiger partial charge in [-0.15, -0.1) is 22.9 Å². The van der Waals surface area contributed by atoms with Crippen LogP contribution in [0, 0.1) is 0 Å². The Hall–Kier alpha value is -0.660. The summed E-state index contributed by atoms with van der Waals surface area (Å²) in [5.41, 5.74) is 1.99. The second-order valence-corrected chi connectivity index (χ2v) is 4.66. The van der Waals surface area contributed by atoms with E-state index >= 15 is 0 Å². The number of aliphatic hydroxyl groups excluding tert-OH is 2. The number of nitrogens with two attached hydrogens (primary N) is 1. The smallest absolute Gasteiger partial charge is 0.275 e. The van der Waals surface area contributed by atoms with Crippen LogP contribution in [0.2, 0.25) is 0 Å². The van der Waals surface area contributed by atoms with Gasteiger partial charge in [-0.05, 0) is 18.6 Å². The molecular formula is C9H13ClN2O3S. The Morgan fingerprint density at radius 2 is 2.25 bits per heavy atom.